The van der Waals surface area contributed by atoms with Gasteiger partial charge < -0.3 is 15.5 Å². The molecule has 2 aromatic rings. The molecule has 1 amide bonds. The zero-order valence-corrected chi connectivity index (χ0v) is 18.0. The first-order chi connectivity index (χ1) is 13.6. The van der Waals surface area contributed by atoms with Crippen LogP contribution in [0.4, 0.5) is 5.69 Å². The summed E-state index contributed by atoms with van der Waals surface area (Å²) in [6.07, 6.45) is 0.850. The summed E-state index contributed by atoms with van der Waals surface area (Å²) >= 11 is 1.77. The van der Waals surface area contributed by atoms with Gasteiger partial charge in [0.05, 0.1) is 6.04 Å². The van der Waals surface area contributed by atoms with E-state index in [2.05, 4.69) is 76.1 Å². The van der Waals surface area contributed by atoms with Gasteiger partial charge in [-0.25, -0.2) is 0 Å². The molecule has 1 saturated heterocycles. The zero-order chi connectivity index (χ0) is 19.9. The Hall–Kier alpha value is -1.89. The van der Waals surface area contributed by atoms with E-state index >= 15 is 0 Å². The van der Waals surface area contributed by atoms with Gasteiger partial charge in [0.1, 0.15) is 0 Å². The van der Waals surface area contributed by atoms with Crippen LogP contribution in [0.15, 0.2) is 41.8 Å². The molecule has 1 fully saturated rings. The van der Waals surface area contributed by atoms with Crippen LogP contribution in [-0.2, 0) is 17.9 Å². The highest BCUT2D eigenvalue weighted by Gasteiger charge is 2.36. The van der Waals surface area contributed by atoms with Gasteiger partial charge >= 0.3 is 0 Å². The standard InChI is InChI=1S/C22H32N4OS/c1-4-25(5-2)19-10-8-17(9-11-19)15-26-16-18(13-21(26)22(27)23-3)24-14-20-7-6-12-28-20/h6-12,18,21,24H,4-5,13-16H2,1-3H3,(H,23,27)/t18-,21-/m0/s1. The fourth-order valence-corrected chi connectivity index (χ4v) is 4.61. The van der Waals surface area contributed by atoms with Gasteiger partial charge in [-0.3, -0.25) is 9.69 Å². The van der Waals surface area contributed by atoms with Crippen molar-refractivity contribution < 1.29 is 4.79 Å². The molecule has 0 aliphatic carbocycles. The Morgan fingerprint density at radius 2 is 1.96 bits per heavy atom. The summed E-state index contributed by atoms with van der Waals surface area (Å²) in [6, 6.07) is 13.3. The molecule has 0 bridgehead atoms. The molecule has 28 heavy (non-hydrogen) atoms. The second-order valence-corrected chi connectivity index (χ2v) is 8.32. The van der Waals surface area contributed by atoms with Crippen molar-refractivity contribution in [1.82, 2.24) is 15.5 Å². The van der Waals surface area contributed by atoms with E-state index in [0.29, 0.717) is 6.04 Å². The molecule has 0 unspecified atom stereocenters. The normalized spacial score (nSPS) is 19.7. The van der Waals surface area contributed by atoms with Crippen LogP contribution < -0.4 is 15.5 Å². The lowest BCUT2D eigenvalue weighted by Gasteiger charge is -2.24. The molecule has 3 rings (SSSR count). The van der Waals surface area contributed by atoms with Crippen LogP contribution >= 0.6 is 11.3 Å². The van der Waals surface area contributed by atoms with E-state index in [4.69, 9.17) is 0 Å². The quantitative estimate of drug-likeness (QED) is 0.679. The first-order valence-electron chi connectivity index (χ1n) is 10.2. The van der Waals surface area contributed by atoms with Crippen LogP contribution in [0.1, 0.15) is 30.7 Å². The van der Waals surface area contributed by atoms with E-state index in [1.807, 2.05) is 0 Å². The Balaban J connectivity index is 1.63. The Morgan fingerprint density at radius 3 is 2.57 bits per heavy atom. The van der Waals surface area contributed by atoms with Crippen LogP contribution in [0, 0.1) is 0 Å². The predicted octanol–water partition coefficient (Wildman–Crippen LogP) is 3.07. The maximum absolute atomic E-state index is 12.4. The Morgan fingerprint density at radius 1 is 1.21 bits per heavy atom. The minimum atomic E-state index is -0.0757. The van der Waals surface area contributed by atoms with Crippen molar-refractivity contribution in [3.05, 3.63) is 52.2 Å². The van der Waals surface area contributed by atoms with Crippen LogP contribution in [0.3, 0.4) is 0 Å². The molecule has 5 nitrogen and oxygen atoms in total. The average molecular weight is 401 g/mol. The number of nitrogens with zero attached hydrogens (tertiary/aromatic N) is 2. The molecular formula is C22H32N4OS. The first kappa shape index (κ1) is 20.8. The number of nitrogens with one attached hydrogen (secondary N) is 2. The molecule has 0 saturated carbocycles. The summed E-state index contributed by atoms with van der Waals surface area (Å²) in [5.74, 6) is 0.111. The van der Waals surface area contributed by atoms with Crippen molar-refractivity contribution in [2.24, 2.45) is 0 Å². The van der Waals surface area contributed by atoms with E-state index in [-0.39, 0.29) is 11.9 Å². The van der Waals surface area contributed by atoms with Gasteiger partial charge in [0.2, 0.25) is 5.91 Å². The number of likely N-dealkylation sites (tertiary alicyclic amines) is 1. The van der Waals surface area contributed by atoms with Gasteiger partial charge in [-0.15, -0.1) is 11.3 Å². The Kier molecular flexibility index (Phi) is 7.48. The third kappa shape index (κ3) is 5.13. The number of likely N-dealkylation sites (N-methyl/N-ethyl adjacent to an activating group) is 1. The van der Waals surface area contributed by atoms with Crippen LogP contribution in [0.25, 0.3) is 0 Å². The smallest absolute Gasteiger partial charge is 0.237 e. The van der Waals surface area contributed by atoms with Gasteiger partial charge in [-0.05, 0) is 49.4 Å². The second kappa shape index (κ2) is 10.0. The fourth-order valence-electron chi connectivity index (χ4n) is 3.96. The topological polar surface area (TPSA) is 47.6 Å². The number of thiophene rings is 1. The van der Waals surface area contributed by atoms with Crippen molar-refractivity contribution in [3.8, 4) is 0 Å². The largest absolute Gasteiger partial charge is 0.372 e. The van der Waals surface area contributed by atoms with Crippen LogP contribution in [0.5, 0.6) is 0 Å². The van der Waals surface area contributed by atoms with E-state index in [1.54, 1.807) is 18.4 Å². The summed E-state index contributed by atoms with van der Waals surface area (Å²) in [5.41, 5.74) is 2.51. The van der Waals surface area contributed by atoms with Crippen molar-refractivity contribution in [3.63, 3.8) is 0 Å². The van der Waals surface area contributed by atoms with E-state index < -0.39 is 0 Å². The van der Waals surface area contributed by atoms with Crippen molar-refractivity contribution >= 4 is 22.9 Å². The highest BCUT2D eigenvalue weighted by molar-refractivity contribution is 7.09. The number of hydrogen-bond acceptors (Lipinski definition) is 5. The van der Waals surface area contributed by atoms with Crippen molar-refractivity contribution in [1.29, 1.82) is 0 Å². The summed E-state index contributed by atoms with van der Waals surface area (Å²) < 4.78 is 0. The molecule has 0 radical (unpaired) electrons. The third-order valence-corrected chi connectivity index (χ3v) is 6.42. The predicted molar refractivity (Wildman–Crippen MR) is 118 cm³/mol. The average Bonchev–Trinajstić information content (AvgIpc) is 3.38. The lowest BCUT2D eigenvalue weighted by molar-refractivity contribution is -0.125. The number of hydrogen-bond donors (Lipinski definition) is 2. The number of amides is 1. The van der Waals surface area contributed by atoms with Crippen molar-refractivity contribution in [2.45, 2.75) is 45.4 Å². The summed E-state index contributed by atoms with van der Waals surface area (Å²) in [6.45, 7) is 8.94. The minimum absolute atomic E-state index is 0.0757. The number of carbonyl (C=O) groups excluding carboxylic acids is 1. The molecule has 1 aliphatic rings. The van der Waals surface area contributed by atoms with Gasteiger partial charge in [-0.2, -0.15) is 0 Å². The molecule has 2 heterocycles. The van der Waals surface area contributed by atoms with Crippen molar-refractivity contribution in [2.75, 3.05) is 31.6 Å². The lowest BCUT2D eigenvalue weighted by Crippen LogP contribution is -2.41. The number of rotatable bonds is 9. The maximum atomic E-state index is 12.4. The van der Waals surface area contributed by atoms with Gasteiger partial charge in [0.25, 0.3) is 0 Å². The first-order valence-corrected chi connectivity index (χ1v) is 11.1. The number of benzene rings is 1. The highest BCUT2D eigenvalue weighted by Crippen LogP contribution is 2.23. The minimum Gasteiger partial charge on any atom is -0.372 e. The van der Waals surface area contributed by atoms with Gasteiger partial charge in [0.15, 0.2) is 0 Å². The summed E-state index contributed by atoms with van der Waals surface area (Å²) in [7, 11) is 1.73. The second-order valence-electron chi connectivity index (χ2n) is 7.29. The molecular weight excluding hydrogens is 368 g/mol. The van der Waals surface area contributed by atoms with E-state index in [1.165, 1.54) is 16.1 Å². The number of carbonyl (C=O) groups is 1. The number of anilines is 1. The Labute approximate surface area is 172 Å². The fraction of sp³-hybridized carbons (Fsp3) is 0.500. The summed E-state index contributed by atoms with van der Waals surface area (Å²) in [5, 5.41) is 8.57. The highest BCUT2D eigenvalue weighted by atomic mass is 32.1. The molecule has 0 spiro atoms. The SMILES string of the molecule is CCN(CC)c1ccc(CN2C[C@@H](NCc3cccs3)C[C@H]2C(=O)NC)cc1. The molecule has 6 heteroatoms. The molecule has 1 aromatic carbocycles. The lowest BCUT2D eigenvalue weighted by atomic mass is 10.1. The van der Waals surface area contributed by atoms with E-state index in [9.17, 15) is 4.79 Å². The molecule has 2 N–H and O–H groups in total. The molecule has 1 aliphatic heterocycles. The monoisotopic (exact) mass is 400 g/mol. The molecule has 2 atom stereocenters. The maximum Gasteiger partial charge on any atom is 0.237 e. The Bertz CT molecular complexity index is 728. The van der Waals surface area contributed by atoms with Gasteiger partial charge in [-0.1, -0.05) is 18.2 Å². The molecule has 152 valence electrons. The summed E-state index contributed by atoms with van der Waals surface area (Å²) in [4.78, 5) is 18.4. The van der Waals surface area contributed by atoms with Gasteiger partial charge in [0, 0.05) is 56.4 Å². The van der Waals surface area contributed by atoms with Crippen LogP contribution in [-0.4, -0.2) is 49.6 Å². The molecule has 1 aromatic heterocycles. The van der Waals surface area contributed by atoms with E-state index in [0.717, 1.165) is 39.1 Å². The zero-order valence-electron chi connectivity index (χ0n) is 17.1. The van der Waals surface area contributed by atoms with Crippen LogP contribution in [0.2, 0.25) is 0 Å². The third-order valence-electron chi connectivity index (χ3n) is 5.55.